The summed E-state index contributed by atoms with van der Waals surface area (Å²) in [5.74, 6) is 0.288. The van der Waals surface area contributed by atoms with Crippen molar-refractivity contribution in [3.05, 3.63) is 70.4 Å². The number of hydrogen-bond donors (Lipinski definition) is 2. The Morgan fingerprint density at radius 2 is 1.96 bits per heavy atom. The molecule has 28 heavy (non-hydrogen) atoms. The molecule has 4 rings (SSSR count). The summed E-state index contributed by atoms with van der Waals surface area (Å²) in [4.78, 5) is 17.9. The van der Waals surface area contributed by atoms with E-state index in [0.29, 0.717) is 21.7 Å². The molecule has 2 aliphatic rings. The summed E-state index contributed by atoms with van der Waals surface area (Å²) in [6.07, 6.45) is 4.67. The van der Waals surface area contributed by atoms with Gasteiger partial charge in [-0.3, -0.25) is 9.69 Å². The molecule has 0 fully saturated rings. The van der Waals surface area contributed by atoms with Crippen LogP contribution >= 0.6 is 23.2 Å². The number of nitrogens with one attached hydrogen (secondary N) is 1. The Morgan fingerprint density at radius 3 is 2.68 bits per heavy atom. The number of nitrogens with two attached hydrogens (primary N) is 1. The average Bonchev–Trinajstić information content (AvgIpc) is 3.00. The van der Waals surface area contributed by atoms with Crippen LogP contribution in [0.25, 0.3) is 11.1 Å². The van der Waals surface area contributed by atoms with Gasteiger partial charge in [0.05, 0.1) is 16.8 Å². The van der Waals surface area contributed by atoms with Crippen LogP contribution < -0.4 is 16.0 Å². The van der Waals surface area contributed by atoms with Crippen molar-refractivity contribution in [2.24, 2.45) is 10.7 Å². The number of allylic oxidation sites excluding steroid dienone is 2. The highest BCUT2D eigenvalue weighted by Crippen LogP contribution is 2.37. The lowest BCUT2D eigenvalue weighted by Gasteiger charge is -2.24. The molecule has 1 aliphatic heterocycles. The Kier molecular flexibility index (Phi) is 4.87. The summed E-state index contributed by atoms with van der Waals surface area (Å²) < 4.78 is 0. The predicted molar refractivity (Wildman–Crippen MR) is 116 cm³/mol. The molecule has 1 unspecified atom stereocenters. The number of hydrogen-bond acceptors (Lipinski definition) is 4. The number of halogens is 2. The molecule has 0 radical (unpaired) electrons. The largest absolute Gasteiger partial charge is 0.369 e. The van der Waals surface area contributed by atoms with Crippen LogP contribution in [-0.4, -0.2) is 17.9 Å². The van der Waals surface area contributed by atoms with Crippen molar-refractivity contribution < 1.29 is 4.79 Å². The molecule has 0 saturated heterocycles. The number of guanidine groups is 1. The molecule has 7 heteroatoms. The zero-order valence-electron chi connectivity index (χ0n) is 15.1. The van der Waals surface area contributed by atoms with Gasteiger partial charge in [-0.05, 0) is 48.4 Å². The second-order valence-electron chi connectivity index (χ2n) is 6.63. The predicted octanol–water partition coefficient (Wildman–Crippen LogP) is 4.88. The highest BCUT2D eigenvalue weighted by atomic mass is 35.5. The van der Waals surface area contributed by atoms with Crippen molar-refractivity contribution in [2.75, 3.05) is 10.2 Å². The SMILES string of the molecule is CC(=O)Nc1ccc(Cl)cc1-c1ccc(N2C(N)=NC3CC=CC(Cl)=C32)cc1. The second kappa shape index (κ2) is 7.34. The number of amides is 1. The third-order valence-corrected chi connectivity index (χ3v) is 5.23. The van der Waals surface area contributed by atoms with Gasteiger partial charge in [0.15, 0.2) is 0 Å². The van der Waals surface area contributed by atoms with E-state index >= 15 is 0 Å². The number of fused-ring (bicyclic) bond motifs is 1. The van der Waals surface area contributed by atoms with Crippen LogP contribution in [0, 0.1) is 0 Å². The van der Waals surface area contributed by atoms with Crippen molar-refractivity contribution >= 4 is 46.4 Å². The summed E-state index contributed by atoms with van der Waals surface area (Å²) in [7, 11) is 0. The molecule has 0 bridgehead atoms. The first kappa shape index (κ1) is 18.6. The van der Waals surface area contributed by atoms with E-state index in [0.717, 1.165) is 28.9 Å². The van der Waals surface area contributed by atoms with Gasteiger partial charge in [0.25, 0.3) is 0 Å². The molecule has 5 nitrogen and oxygen atoms in total. The average molecular weight is 413 g/mol. The highest BCUT2D eigenvalue weighted by Gasteiger charge is 2.33. The Bertz CT molecular complexity index is 1040. The molecular weight excluding hydrogens is 395 g/mol. The Hall–Kier alpha value is -2.76. The third kappa shape index (κ3) is 3.39. The van der Waals surface area contributed by atoms with E-state index in [1.165, 1.54) is 6.92 Å². The first-order chi connectivity index (χ1) is 13.4. The van der Waals surface area contributed by atoms with Crippen molar-refractivity contribution in [3.63, 3.8) is 0 Å². The number of nitrogens with zero attached hydrogens (tertiary/aromatic N) is 2. The summed E-state index contributed by atoms with van der Waals surface area (Å²) >= 11 is 12.6. The monoisotopic (exact) mass is 412 g/mol. The van der Waals surface area contributed by atoms with Crippen LogP contribution in [-0.2, 0) is 4.79 Å². The number of carbonyl (C=O) groups excluding carboxylic acids is 1. The summed E-state index contributed by atoms with van der Waals surface area (Å²) in [5.41, 5.74) is 10.4. The second-order valence-corrected chi connectivity index (χ2v) is 7.47. The lowest BCUT2D eigenvalue weighted by atomic mass is 10.0. The van der Waals surface area contributed by atoms with Crippen LogP contribution in [0.15, 0.2) is 70.3 Å². The lowest BCUT2D eigenvalue weighted by Crippen LogP contribution is -2.33. The minimum Gasteiger partial charge on any atom is -0.369 e. The van der Waals surface area contributed by atoms with Crippen LogP contribution in [0.4, 0.5) is 11.4 Å². The van der Waals surface area contributed by atoms with Crippen LogP contribution in [0.1, 0.15) is 13.3 Å². The zero-order valence-corrected chi connectivity index (χ0v) is 16.6. The Morgan fingerprint density at radius 1 is 1.21 bits per heavy atom. The van der Waals surface area contributed by atoms with E-state index in [1.54, 1.807) is 12.1 Å². The smallest absolute Gasteiger partial charge is 0.221 e. The quantitative estimate of drug-likeness (QED) is 0.754. The Balaban J connectivity index is 1.71. The molecule has 142 valence electrons. The minimum atomic E-state index is -0.140. The highest BCUT2D eigenvalue weighted by molar-refractivity contribution is 6.32. The standard InChI is InChI=1S/C21H18Cl2N4O/c1-12(28)25-18-10-7-14(22)11-16(18)13-5-8-15(9-6-13)27-20-17(23)3-2-4-19(20)26-21(27)24/h2-3,5-11,19H,4H2,1H3,(H2,24,26)(H,25,28). The van der Waals surface area contributed by atoms with E-state index in [1.807, 2.05) is 47.4 Å². The molecule has 2 aromatic rings. The topological polar surface area (TPSA) is 70.7 Å². The fourth-order valence-electron chi connectivity index (χ4n) is 3.48. The number of benzene rings is 2. The fourth-order valence-corrected chi connectivity index (χ4v) is 3.95. The summed E-state index contributed by atoms with van der Waals surface area (Å²) in [5, 5.41) is 4.08. The third-order valence-electron chi connectivity index (χ3n) is 4.67. The molecule has 0 saturated carbocycles. The molecule has 0 aromatic heterocycles. The number of carbonyl (C=O) groups is 1. The van der Waals surface area contributed by atoms with E-state index < -0.39 is 0 Å². The summed E-state index contributed by atoms with van der Waals surface area (Å²) in [6, 6.07) is 13.1. The van der Waals surface area contributed by atoms with Gasteiger partial charge in [0.2, 0.25) is 11.9 Å². The number of aliphatic imine (C=N–C) groups is 1. The van der Waals surface area contributed by atoms with E-state index in [2.05, 4.69) is 10.3 Å². The number of rotatable bonds is 3. The maximum absolute atomic E-state index is 11.5. The number of anilines is 2. The van der Waals surface area contributed by atoms with Gasteiger partial charge in [-0.15, -0.1) is 0 Å². The van der Waals surface area contributed by atoms with Crippen molar-refractivity contribution in [2.45, 2.75) is 19.4 Å². The van der Waals surface area contributed by atoms with E-state index in [9.17, 15) is 4.79 Å². The molecular formula is C21H18Cl2N4O. The van der Waals surface area contributed by atoms with Crippen LogP contribution in [0.3, 0.4) is 0 Å². The zero-order chi connectivity index (χ0) is 19.8. The van der Waals surface area contributed by atoms with E-state index in [-0.39, 0.29) is 11.9 Å². The van der Waals surface area contributed by atoms with Crippen molar-refractivity contribution in [3.8, 4) is 11.1 Å². The van der Waals surface area contributed by atoms with Gasteiger partial charge in [-0.25, -0.2) is 4.99 Å². The van der Waals surface area contributed by atoms with Gasteiger partial charge < -0.3 is 11.1 Å². The van der Waals surface area contributed by atoms with Crippen molar-refractivity contribution in [1.82, 2.24) is 0 Å². The van der Waals surface area contributed by atoms with Gasteiger partial charge in [-0.2, -0.15) is 0 Å². The van der Waals surface area contributed by atoms with Gasteiger partial charge in [-0.1, -0.05) is 41.4 Å². The molecule has 3 N–H and O–H groups in total. The fraction of sp³-hybridized carbons (Fsp3) is 0.143. The van der Waals surface area contributed by atoms with Crippen LogP contribution in [0.5, 0.6) is 0 Å². The van der Waals surface area contributed by atoms with Gasteiger partial charge in [0.1, 0.15) is 0 Å². The first-order valence-electron chi connectivity index (χ1n) is 8.81. The Labute approximate surface area is 173 Å². The maximum Gasteiger partial charge on any atom is 0.221 e. The molecule has 1 heterocycles. The maximum atomic E-state index is 11.5. The molecule has 0 spiro atoms. The molecule has 1 amide bonds. The normalized spacial score (nSPS) is 18.2. The van der Waals surface area contributed by atoms with Gasteiger partial charge in [0, 0.05) is 28.9 Å². The molecule has 1 atom stereocenters. The first-order valence-corrected chi connectivity index (χ1v) is 9.57. The summed E-state index contributed by atoms with van der Waals surface area (Å²) in [6.45, 7) is 1.48. The van der Waals surface area contributed by atoms with Crippen molar-refractivity contribution in [1.29, 1.82) is 0 Å². The molecule has 2 aromatic carbocycles. The molecule has 1 aliphatic carbocycles. The van der Waals surface area contributed by atoms with Gasteiger partial charge >= 0.3 is 0 Å². The minimum absolute atomic E-state index is 0.0449. The lowest BCUT2D eigenvalue weighted by molar-refractivity contribution is -0.114. The van der Waals surface area contributed by atoms with Crippen LogP contribution in [0.2, 0.25) is 5.02 Å². The van der Waals surface area contributed by atoms with E-state index in [4.69, 9.17) is 28.9 Å².